The molecule has 0 aliphatic carbocycles. The van der Waals surface area contributed by atoms with Crippen molar-refractivity contribution >= 4 is 17.8 Å². The molecular formula is C66H122N2O21. The average molecular weight is 1280 g/mol. The number of aliphatic hydroxyl groups excluding tert-OH is 11. The average Bonchev–Trinajstić information content (AvgIpc) is 0.894. The van der Waals surface area contributed by atoms with Crippen LogP contribution in [0.4, 0.5) is 0 Å². The van der Waals surface area contributed by atoms with E-state index in [1.54, 1.807) is 6.08 Å². The second-order valence-corrected chi connectivity index (χ2v) is 25.4. The maximum absolute atomic E-state index is 13.4. The number of amides is 2. The van der Waals surface area contributed by atoms with Crippen LogP contribution in [0.2, 0.25) is 0 Å². The summed E-state index contributed by atoms with van der Waals surface area (Å²) in [6.07, 6.45) is 15.4. The fraction of sp³-hybridized carbons (Fsp3) is 0.924. The number of ether oxygens (including phenoxy) is 6. The standard InChI is InChI=1S/C66H122N2O21/c1-4-6-8-10-12-14-16-18-20-21-22-23-24-25-26-27-29-31-33-35-37-39-48(73)47(68-53(76)40-38-36-34-32-30-28-19-17-15-13-11-9-7-5-2)45-84-63-58(80)57(79)60(52(44-71)86-63)87-64-59(81)62(56(78)51(43-70)85-64)89-66(65(82)83)41-49(74)54(67-46(3)72)61(88-66)55(77)50(75)42-69/h37,39,47-52,54-64,69-71,73-75,77-81H,4-36,38,40-45H2,1-3H3,(H,67,72)(H,68,76)(H,82,83)/b39-37+. The van der Waals surface area contributed by atoms with Crippen molar-refractivity contribution in [2.45, 2.75) is 362 Å². The molecular weight excluding hydrogens is 1160 g/mol. The molecule has 89 heavy (non-hydrogen) atoms. The summed E-state index contributed by atoms with van der Waals surface area (Å²) < 4.78 is 34.8. The van der Waals surface area contributed by atoms with Gasteiger partial charge >= 0.3 is 5.97 Å². The monoisotopic (exact) mass is 1280 g/mol. The van der Waals surface area contributed by atoms with Crippen molar-refractivity contribution in [1.29, 1.82) is 0 Å². The van der Waals surface area contributed by atoms with E-state index in [4.69, 9.17) is 28.4 Å². The van der Waals surface area contributed by atoms with E-state index in [1.165, 1.54) is 161 Å². The number of aliphatic hydroxyl groups is 11. The zero-order valence-electron chi connectivity index (χ0n) is 54.3. The molecule has 522 valence electrons. The molecule has 18 atom stereocenters. The van der Waals surface area contributed by atoms with Crippen LogP contribution in [0.25, 0.3) is 0 Å². The number of nitrogens with one attached hydrogen (secondary N) is 2. The molecule has 18 unspecified atom stereocenters. The van der Waals surface area contributed by atoms with Gasteiger partial charge in [-0.1, -0.05) is 225 Å². The third-order valence-corrected chi connectivity index (χ3v) is 17.7. The molecule has 3 fully saturated rings. The molecule has 0 saturated carbocycles. The van der Waals surface area contributed by atoms with Crippen LogP contribution in [-0.4, -0.2) is 215 Å². The first kappa shape index (κ1) is 80.7. The molecule has 3 saturated heterocycles. The van der Waals surface area contributed by atoms with Crippen LogP contribution in [0, 0.1) is 0 Å². The topological polar surface area (TPSA) is 373 Å². The lowest BCUT2D eigenvalue weighted by Gasteiger charge is -2.50. The molecule has 3 rings (SSSR count). The van der Waals surface area contributed by atoms with E-state index in [0.29, 0.717) is 12.8 Å². The van der Waals surface area contributed by atoms with Gasteiger partial charge in [-0.3, -0.25) is 9.59 Å². The van der Waals surface area contributed by atoms with Gasteiger partial charge in [-0.25, -0.2) is 4.79 Å². The molecule has 23 nitrogen and oxygen atoms in total. The fourth-order valence-corrected chi connectivity index (χ4v) is 12.2. The van der Waals surface area contributed by atoms with Gasteiger partial charge in [-0.2, -0.15) is 0 Å². The third kappa shape index (κ3) is 30.2. The first-order chi connectivity index (χ1) is 42.9. The van der Waals surface area contributed by atoms with Gasteiger partial charge in [0.1, 0.15) is 67.1 Å². The summed E-state index contributed by atoms with van der Waals surface area (Å²) >= 11 is 0. The Morgan fingerprint density at radius 3 is 1.49 bits per heavy atom. The summed E-state index contributed by atoms with van der Waals surface area (Å²) in [5.74, 6) is -6.14. The van der Waals surface area contributed by atoms with Crippen molar-refractivity contribution in [3.8, 4) is 0 Å². The van der Waals surface area contributed by atoms with Crippen LogP contribution in [-0.2, 0) is 42.8 Å². The normalized spacial score (nSPS) is 28.8. The molecule has 2 amide bonds. The van der Waals surface area contributed by atoms with E-state index in [1.807, 2.05) is 6.08 Å². The molecule has 0 aromatic rings. The maximum atomic E-state index is 13.4. The van der Waals surface area contributed by atoms with Crippen molar-refractivity contribution in [1.82, 2.24) is 10.6 Å². The molecule has 0 aromatic heterocycles. The minimum atomic E-state index is -3.08. The Kier molecular flexibility index (Phi) is 43.0. The van der Waals surface area contributed by atoms with Gasteiger partial charge < -0.3 is 100 Å². The molecule has 0 radical (unpaired) electrons. The number of unbranched alkanes of at least 4 members (excludes halogenated alkanes) is 32. The summed E-state index contributed by atoms with van der Waals surface area (Å²) in [7, 11) is 0. The number of carboxylic acids is 1. The van der Waals surface area contributed by atoms with Gasteiger partial charge in [0.15, 0.2) is 12.6 Å². The lowest BCUT2D eigenvalue weighted by Crippen LogP contribution is -2.70. The van der Waals surface area contributed by atoms with Crippen molar-refractivity contribution in [2.24, 2.45) is 0 Å². The molecule has 0 spiro atoms. The summed E-state index contributed by atoms with van der Waals surface area (Å²) in [6.45, 7) is 2.14. The maximum Gasteiger partial charge on any atom is 0.364 e. The van der Waals surface area contributed by atoms with Crippen molar-refractivity contribution in [2.75, 3.05) is 26.4 Å². The summed E-state index contributed by atoms with van der Waals surface area (Å²) in [5, 5.41) is 136. The minimum absolute atomic E-state index is 0.204. The van der Waals surface area contributed by atoms with Gasteiger partial charge in [0.05, 0.1) is 50.7 Å². The van der Waals surface area contributed by atoms with Crippen molar-refractivity contribution in [3.05, 3.63) is 12.2 Å². The number of allylic oxidation sites excluding steroid dienone is 1. The number of hydrogen-bond donors (Lipinski definition) is 14. The smallest absolute Gasteiger partial charge is 0.364 e. The zero-order valence-corrected chi connectivity index (χ0v) is 54.3. The Morgan fingerprint density at radius 1 is 0.584 bits per heavy atom. The molecule has 3 heterocycles. The SMILES string of the molecule is CCCCCCCCCCCCCCCCCCCCC/C=C/C(O)C(COC1OC(CO)C(OC2OC(CO)C(O)C(OC3(C(=O)O)CC(O)C(NC(C)=O)C(C(O)C(O)CO)O3)C2O)C(O)C1O)NC(=O)CCCCCCCCCCCCCCCC. The van der Waals surface area contributed by atoms with Crippen molar-refractivity contribution < 1.29 is 104 Å². The van der Waals surface area contributed by atoms with E-state index >= 15 is 0 Å². The fourth-order valence-electron chi connectivity index (χ4n) is 12.2. The molecule has 0 aromatic carbocycles. The van der Waals surface area contributed by atoms with Crippen LogP contribution in [0.1, 0.15) is 252 Å². The lowest BCUT2D eigenvalue weighted by atomic mass is 9.88. The van der Waals surface area contributed by atoms with Gasteiger partial charge in [-0.05, 0) is 19.3 Å². The summed E-state index contributed by atoms with van der Waals surface area (Å²) in [6, 6.07) is -2.61. The molecule has 23 heteroatoms. The van der Waals surface area contributed by atoms with Crippen LogP contribution in [0.5, 0.6) is 0 Å². The molecule has 3 aliphatic rings. The highest BCUT2D eigenvalue weighted by Crippen LogP contribution is 2.39. The largest absolute Gasteiger partial charge is 0.477 e. The summed E-state index contributed by atoms with van der Waals surface area (Å²) in [5.41, 5.74) is 0. The first-order valence-electron chi connectivity index (χ1n) is 34.6. The van der Waals surface area contributed by atoms with E-state index in [2.05, 4.69) is 24.5 Å². The minimum Gasteiger partial charge on any atom is -0.477 e. The van der Waals surface area contributed by atoms with Gasteiger partial charge in [0.2, 0.25) is 11.8 Å². The Morgan fingerprint density at radius 2 is 1.04 bits per heavy atom. The lowest BCUT2D eigenvalue weighted by molar-refractivity contribution is -0.386. The Hall–Kier alpha value is -2.53. The highest BCUT2D eigenvalue weighted by atomic mass is 16.8. The quantitative estimate of drug-likeness (QED) is 0.0249. The van der Waals surface area contributed by atoms with Gasteiger partial charge in [0, 0.05) is 19.8 Å². The highest BCUT2D eigenvalue weighted by molar-refractivity contribution is 5.77. The summed E-state index contributed by atoms with van der Waals surface area (Å²) in [4.78, 5) is 38.5. The van der Waals surface area contributed by atoms with E-state index in [0.717, 1.165) is 51.9 Å². The Labute approximate surface area is 531 Å². The van der Waals surface area contributed by atoms with Crippen molar-refractivity contribution in [3.63, 3.8) is 0 Å². The molecule has 0 bridgehead atoms. The third-order valence-electron chi connectivity index (χ3n) is 17.7. The number of carboxylic acid groups (broad SMARTS) is 1. The Balaban J connectivity index is 1.61. The van der Waals surface area contributed by atoms with E-state index in [-0.39, 0.29) is 12.3 Å². The van der Waals surface area contributed by atoms with Crippen LogP contribution in [0.3, 0.4) is 0 Å². The molecule has 14 N–H and O–H groups in total. The predicted molar refractivity (Wildman–Crippen MR) is 334 cm³/mol. The van der Waals surface area contributed by atoms with Crippen LogP contribution in [0.15, 0.2) is 12.2 Å². The second kappa shape index (κ2) is 47.4. The zero-order chi connectivity index (χ0) is 65.4. The first-order valence-corrected chi connectivity index (χ1v) is 34.6. The Bertz CT molecular complexity index is 1860. The number of carbonyl (C=O) groups excluding carboxylic acids is 2. The number of carbonyl (C=O) groups is 3. The van der Waals surface area contributed by atoms with Crippen LogP contribution < -0.4 is 10.6 Å². The van der Waals surface area contributed by atoms with E-state index in [9.17, 15) is 75.7 Å². The number of rotatable bonds is 52. The van der Waals surface area contributed by atoms with Crippen LogP contribution >= 0.6 is 0 Å². The molecule has 3 aliphatic heterocycles. The number of hydrogen-bond acceptors (Lipinski definition) is 20. The van der Waals surface area contributed by atoms with Gasteiger partial charge in [-0.15, -0.1) is 0 Å². The second-order valence-electron chi connectivity index (χ2n) is 25.4. The predicted octanol–water partition coefficient (Wildman–Crippen LogP) is 5.90. The highest BCUT2D eigenvalue weighted by Gasteiger charge is 2.60. The number of aliphatic carboxylic acids is 1. The van der Waals surface area contributed by atoms with E-state index < -0.39 is 155 Å². The van der Waals surface area contributed by atoms with Gasteiger partial charge in [0.25, 0.3) is 5.79 Å².